The molecule has 0 saturated heterocycles. The fourth-order valence-corrected chi connectivity index (χ4v) is 2.06. The molecule has 0 aliphatic carbocycles. The van der Waals surface area contributed by atoms with Gasteiger partial charge in [-0.2, -0.15) is 0 Å². The van der Waals surface area contributed by atoms with Crippen molar-refractivity contribution in [3.05, 3.63) is 48.0 Å². The summed E-state index contributed by atoms with van der Waals surface area (Å²) in [6.07, 6.45) is 0. The summed E-state index contributed by atoms with van der Waals surface area (Å²) in [6.45, 7) is 1.75. The molecule has 118 valence electrons. The van der Waals surface area contributed by atoms with Crippen LogP contribution in [0.1, 0.15) is 5.56 Å². The van der Waals surface area contributed by atoms with Crippen LogP contribution in [-0.4, -0.2) is 25.1 Å². The topological polar surface area (TPSA) is 73.9 Å². The zero-order valence-electron chi connectivity index (χ0n) is 12.5. The van der Waals surface area contributed by atoms with Crippen LogP contribution in [0.5, 0.6) is 17.2 Å². The molecule has 1 N–H and O–H groups in total. The van der Waals surface area contributed by atoms with Crippen molar-refractivity contribution in [3.63, 3.8) is 0 Å². The maximum absolute atomic E-state index is 11.8. The molecule has 0 aromatic heterocycles. The molecule has 0 fully saturated rings. The van der Waals surface area contributed by atoms with Gasteiger partial charge < -0.3 is 19.5 Å². The van der Waals surface area contributed by atoms with Crippen LogP contribution in [0.4, 0.5) is 5.69 Å². The van der Waals surface area contributed by atoms with Crippen LogP contribution in [0.3, 0.4) is 0 Å². The Labute approximate surface area is 133 Å². The Morgan fingerprint density at radius 3 is 2.70 bits per heavy atom. The highest BCUT2D eigenvalue weighted by Crippen LogP contribution is 2.31. The highest BCUT2D eigenvalue weighted by Gasteiger charge is 2.17. The number of hydrogen-bond acceptors (Lipinski definition) is 5. The van der Waals surface area contributed by atoms with Crippen LogP contribution in [0.25, 0.3) is 0 Å². The van der Waals surface area contributed by atoms with Gasteiger partial charge in [0.05, 0.1) is 5.69 Å². The molecule has 0 radical (unpaired) electrons. The number of esters is 1. The van der Waals surface area contributed by atoms with Gasteiger partial charge in [-0.1, -0.05) is 17.7 Å². The molecule has 6 heteroatoms. The van der Waals surface area contributed by atoms with Gasteiger partial charge in [0.2, 0.25) is 0 Å². The van der Waals surface area contributed by atoms with Crippen molar-refractivity contribution in [2.75, 3.05) is 18.5 Å². The number of carbonyl (C=O) groups is 2. The molecule has 0 atom stereocenters. The Hall–Kier alpha value is -3.02. The van der Waals surface area contributed by atoms with Crippen LogP contribution in [0.15, 0.2) is 42.5 Å². The SMILES string of the molecule is Cc1ccc(OCC(=O)Oc2ccc3c(c2)NC(=O)CO3)cc1. The number of hydrogen-bond donors (Lipinski definition) is 1. The van der Waals surface area contributed by atoms with Crippen LogP contribution in [0.2, 0.25) is 0 Å². The largest absolute Gasteiger partial charge is 0.482 e. The van der Waals surface area contributed by atoms with Crippen molar-refractivity contribution >= 4 is 17.6 Å². The number of nitrogens with one attached hydrogen (secondary N) is 1. The first-order chi connectivity index (χ1) is 11.1. The van der Waals surface area contributed by atoms with Crippen molar-refractivity contribution in [1.82, 2.24) is 0 Å². The van der Waals surface area contributed by atoms with E-state index in [0.717, 1.165) is 5.56 Å². The number of rotatable bonds is 4. The third-order valence-corrected chi connectivity index (χ3v) is 3.19. The van der Waals surface area contributed by atoms with Crippen molar-refractivity contribution in [3.8, 4) is 17.2 Å². The number of fused-ring (bicyclic) bond motifs is 1. The fourth-order valence-electron chi connectivity index (χ4n) is 2.06. The second-order valence-corrected chi connectivity index (χ2v) is 5.07. The van der Waals surface area contributed by atoms with Gasteiger partial charge in [-0.3, -0.25) is 4.79 Å². The molecule has 1 heterocycles. The first kappa shape index (κ1) is 14.9. The van der Waals surface area contributed by atoms with Crippen LogP contribution < -0.4 is 19.5 Å². The van der Waals surface area contributed by atoms with Gasteiger partial charge in [0.1, 0.15) is 17.2 Å². The molecule has 2 aromatic rings. The fraction of sp³-hybridized carbons (Fsp3) is 0.176. The van der Waals surface area contributed by atoms with E-state index in [4.69, 9.17) is 14.2 Å². The van der Waals surface area contributed by atoms with Crippen molar-refractivity contribution in [2.24, 2.45) is 0 Å². The maximum atomic E-state index is 11.8. The summed E-state index contributed by atoms with van der Waals surface area (Å²) in [7, 11) is 0. The minimum Gasteiger partial charge on any atom is -0.482 e. The van der Waals surface area contributed by atoms with Gasteiger partial charge in [0.15, 0.2) is 13.2 Å². The zero-order valence-corrected chi connectivity index (χ0v) is 12.5. The molecule has 0 bridgehead atoms. The Morgan fingerprint density at radius 2 is 1.91 bits per heavy atom. The molecule has 0 spiro atoms. The molecule has 1 aliphatic heterocycles. The van der Waals surface area contributed by atoms with E-state index >= 15 is 0 Å². The lowest BCUT2D eigenvalue weighted by Gasteiger charge is -2.18. The molecule has 1 amide bonds. The number of ether oxygens (including phenoxy) is 3. The summed E-state index contributed by atoms with van der Waals surface area (Å²) >= 11 is 0. The van der Waals surface area contributed by atoms with Crippen molar-refractivity contribution < 1.29 is 23.8 Å². The number of carbonyl (C=O) groups excluding carboxylic acids is 2. The molecule has 3 rings (SSSR count). The Kier molecular flexibility index (Phi) is 4.14. The Bertz CT molecular complexity index is 739. The van der Waals surface area contributed by atoms with Crippen molar-refractivity contribution in [1.29, 1.82) is 0 Å². The van der Waals surface area contributed by atoms with E-state index in [2.05, 4.69) is 5.32 Å². The summed E-state index contributed by atoms with van der Waals surface area (Å²) in [5.41, 5.74) is 1.59. The molecule has 0 unspecified atom stereocenters. The van der Waals surface area contributed by atoms with E-state index < -0.39 is 5.97 Å². The van der Waals surface area contributed by atoms with Gasteiger partial charge in [-0.05, 0) is 31.2 Å². The molecule has 0 saturated carbocycles. The summed E-state index contributed by atoms with van der Waals surface area (Å²) in [6, 6.07) is 12.1. The normalized spacial score (nSPS) is 12.7. The molecule has 1 aliphatic rings. The van der Waals surface area contributed by atoms with E-state index in [-0.39, 0.29) is 19.1 Å². The minimum absolute atomic E-state index is 0.0173. The molecule has 23 heavy (non-hydrogen) atoms. The summed E-state index contributed by atoms with van der Waals surface area (Å²) < 4.78 is 15.8. The van der Waals surface area contributed by atoms with Gasteiger partial charge in [0.25, 0.3) is 5.91 Å². The van der Waals surface area contributed by atoms with Gasteiger partial charge in [0, 0.05) is 6.07 Å². The predicted octanol–water partition coefficient (Wildman–Crippen LogP) is 2.31. The van der Waals surface area contributed by atoms with Gasteiger partial charge in [-0.25, -0.2) is 4.79 Å². The number of aryl methyl sites for hydroxylation is 1. The number of benzene rings is 2. The highest BCUT2D eigenvalue weighted by atomic mass is 16.6. The first-order valence-corrected chi connectivity index (χ1v) is 7.07. The van der Waals surface area contributed by atoms with Crippen LogP contribution in [-0.2, 0) is 9.59 Å². The third-order valence-electron chi connectivity index (χ3n) is 3.19. The second kappa shape index (κ2) is 6.39. The summed E-state index contributed by atoms with van der Waals surface area (Å²) in [5, 5.41) is 2.65. The molecular formula is C17H15NO5. The van der Waals surface area contributed by atoms with Crippen LogP contribution in [0, 0.1) is 6.92 Å². The average molecular weight is 313 g/mol. The first-order valence-electron chi connectivity index (χ1n) is 7.07. The minimum atomic E-state index is -0.534. The Balaban J connectivity index is 1.58. The molecule has 6 nitrogen and oxygen atoms in total. The average Bonchev–Trinajstić information content (AvgIpc) is 2.54. The van der Waals surface area contributed by atoms with E-state index in [1.807, 2.05) is 19.1 Å². The van der Waals surface area contributed by atoms with Gasteiger partial charge in [-0.15, -0.1) is 0 Å². The highest BCUT2D eigenvalue weighted by molar-refractivity contribution is 5.95. The monoisotopic (exact) mass is 313 g/mol. The zero-order chi connectivity index (χ0) is 16.2. The van der Waals surface area contributed by atoms with E-state index in [0.29, 0.717) is 22.9 Å². The summed E-state index contributed by atoms with van der Waals surface area (Å²) in [4.78, 5) is 23.1. The van der Waals surface area contributed by atoms with Gasteiger partial charge >= 0.3 is 5.97 Å². The van der Waals surface area contributed by atoms with Crippen LogP contribution >= 0.6 is 0 Å². The van der Waals surface area contributed by atoms with Crippen molar-refractivity contribution in [2.45, 2.75) is 6.92 Å². The lowest BCUT2D eigenvalue weighted by atomic mass is 10.2. The van der Waals surface area contributed by atoms with E-state index in [1.54, 1.807) is 24.3 Å². The Morgan fingerprint density at radius 1 is 1.17 bits per heavy atom. The molecule has 2 aromatic carbocycles. The maximum Gasteiger partial charge on any atom is 0.349 e. The lowest BCUT2D eigenvalue weighted by molar-refractivity contribution is -0.136. The standard InChI is InChI=1S/C17H15NO5/c1-11-2-4-12(5-3-11)21-10-17(20)23-13-6-7-15-14(8-13)18-16(19)9-22-15/h2-8H,9-10H2,1H3,(H,18,19). The third kappa shape index (κ3) is 3.79. The second-order valence-electron chi connectivity index (χ2n) is 5.07. The smallest absolute Gasteiger partial charge is 0.349 e. The van der Waals surface area contributed by atoms with E-state index in [1.165, 1.54) is 6.07 Å². The van der Waals surface area contributed by atoms with E-state index in [9.17, 15) is 9.59 Å². The number of amides is 1. The quantitative estimate of drug-likeness (QED) is 0.692. The lowest BCUT2D eigenvalue weighted by Crippen LogP contribution is -2.25. The predicted molar refractivity (Wildman–Crippen MR) is 82.9 cm³/mol. The number of anilines is 1. The summed E-state index contributed by atoms with van der Waals surface area (Å²) in [5.74, 6) is 0.670. The molecular weight excluding hydrogens is 298 g/mol.